The summed E-state index contributed by atoms with van der Waals surface area (Å²) in [5, 5.41) is 17.9. The second kappa shape index (κ2) is 15.9. The van der Waals surface area contributed by atoms with Gasteiger partial charge in [0, 0.05) is 73.9 Å². The first-order chi connectivity index (χ1) is 25.0. The fraction of sp³-hybridized carbons (Fsp3) is 0.487. The van der Waals surface area contributed by atoms with Crippen LogP contribution in [0.1, 0.15) is 76.9 Å². The highest BCUT2D eigenvalue weighted by atomic mass is 35.5. The summed E-state index contributed by atoms with van der Waals surface area (Å²) >= 11 is 6.74. The maximum Gasteiger partial charge on any atom is 0.318 e. The standard InChI is InChI=1S/C37H45ClN8O3.C2H3N/c1-5-37(16-8-17-39-37)24-48-35-40-28-23-46(29-12-7-10-25-9-6-11-27(38)32(25)29)18-15-26(28)33(42-35)45-21-19-44(20-22-45)31(47)14-13-30-41-34(43-49-30)36(2,3)4;1-2-3/h6-7,9-14,39H,5,8,15-24H2,1-4H3;1H3/b14-13+;. The molecular formula is C39H48ClN9O3. The zero-order valence-electron chi connectivity index (χ0n) is 30.8. The Hall–Kier alpha value is -4.73. The van der Waals surface area contributed by atoms with E-state index in [0.29, 0.717) is 57.1 Å². The Kier molecular flexibility index (Phi) is 11.3. The Morgan fingerprint density at radius 3 is 2.52 bits per heavy atom. The number of carbonyl (C=O) groups excluding carboxylic acids is 1. The van der Waals surface area contributed by atoms with Gasteiger partial charge in [-0.2, -0.15) is 20.2 Å². The van der Waals surface area contributed by atoms with Crippen molar-refractivity contribution in [1.29, 1.82) is 5.26 Å². The molecular weight excluding hydrogens is 678 g/mol. The summed E-state index contributed by atoms with van der Waals surface area (Å²) in [6.45, 7) is 15.1. The Bertz CT molecular complexity index is 1950. The molecule has 3 aliphatic heterocycles. The van der Waals surface area contributed by atoms with Crippen LogP contribution in [-0.4, -0.2) is 82.3 Å². The SMILES string of the molecule is CC#N.CCC1(COc2nc3c(c(N4CCN(C(=O)/C=C/c5nc(C(C)(C)C)no5)CC4)n2)CCN(c2cccc4cccc(Cl)c24)C3)CCCN1. The monoisotopic (exact) mass is 725 g/mol. The largest absolute Gasteiger partial charge is 0.461 e. The van der Waals surface area contributed by atoms with E-state index in [4.69, 9.17) is 36.1 Å². The smallest absolute Gasteiger partial charge is 0.318 e. The average molecular weight is 726 g/mol. The highest BCUT2D eigenvalue weighted by Gasteiger charge is 2.34. The van der Waals surface area contributed by atoms with Gasteiger partial charge in [0.15, 0.2) is 5.82 Å². The van der Waals surface area contributed by atoms with Gasteiger partial charge in [0.2, 0.25) is 5.91 Å². The highest BCUT2D eigenvalue weighted by Crippen LogP contribution is 2.37. The lowest BCUT2D eigenvalue weighted by Gasteiger charge is -2.38. The van der Waals surface area contributed by atoms with Crippen molar-refractivity contribution in [3.05, 3.63) is 70.5 Å². The third kappa shape index (κ3) is 8.16. The molecule has 1 unspecified atom stereocenters. The number of nitriles is 1. The van der Waals surface area contributed by atoms with Crippen molar-refractivity contribution in [1.82, 2.24) is 30.3 Å². The third-order valence-electron chi connectivity index (χ3n) is 10.1. The minimum absolute atomic E-state index is 0.0553. The fourth-order valence-corrected chi connectivity index (χ4v) is 7.33. The number of anilines is 2. The molecule has 0 aliphatic carbocycles. The maximum absolute atomic E-state index is 13.1. The molecule has 0 bridgehead atoms. The summed E-state index contributed by atoms with van der Waals surface area (Å²) in [6, 6.07) is 14.5. The van der Waals surface area contributed by atoms with E-state index in [2.05, 4.69) is 56.4 Å². The van der Waals surface area contributed by atoms with Gasteiger partial charge in [0.1, 0.15) is 12.4 Å². The zero-order chi connectivity index (χ0) is 36.9. The quantitative estimate of drug-likeness (QED) is 0.204. The van der Waals surface area contributed by atoms with Gasteiger partial charge < -0.3 is 29.3 Å². The first kappa shape index (κ1) is 37.0. The number of ether oxygens (including phenoxy) is 1. The van der Waals surface area contributed by atoms with Crippen molar-refractivity contribution in [2.24, 2.45) is 0 Å². The molecule has 1 atom stereocenters. The average Bonchev–Trinajstić information content (AvgIpc) is 3.84. The molecule has 52 heavy (non-hydrogen) atoms. The maximum atomic E-state index is 13.1. The van der Waals surface area contributed by atoms with Crippen LogP contribution in [0.2, 0.25) is 5.02 Å². The first-order valence-electron chi connectivity index (χ1n) is 18.1. The van der Waals surface area contributed by atoms with Crippen molar-refractivity contribution in [3.63, 3.8) is 0 Å². The van der Waals surface area contributed by atoms with Gasteiger partial charge in [-0.25, -0.2) is 0 Å². The number of hydrogen-bond donors (Lipinski definition) is 1. The second-order valence-electron chi connectivity index (χ2n) is 14.6. The van der Waals surface area contributed by atoms with Crippen molar-refractivity contribution < 1.29 is 14.1 Å². The third-order valence-corrected chi connectivity index (χ3v) is 10.4. The summed E-state index contributed by atoms with van der Waals surface area (Å²) < 4.78 is 11.8. The molecule has 2 aromatic heterocycles. The van der Waals surface area contributed by atoms with Crippen LogP contribution in [0.3, 0.4) is 0 Å². The Balaban J connectivity index is 0.00000150. The van der Waals surface area contributed by atoms with Crippen LogP contribution in [0.5, 0.6) is 6.01 Å². The Labute approximate surface area is 310 Å². The summed E-state index contributed by atoms with van der Waals surface area (Å²) in [5.74, 6) is 1.76. The number of aromatic nitrogens is 4. The van der Waals surface area contributed by atoms with Crippen LogP contribution >= 0.6 is 11.6 Å². The zero-order valence-corrected chi connectivity index (χ0v) is 31.5. The lowest BCUT2D eigenvalue weighted by atomic mass is 9.95. The molecule has 2 aromatic carbocycles. The molecule has 1 amide bonds. The molecule has 5 heterocycles. The molecule has 1 N–H and O–H groups in total. The number of halogens is 1. The molecule has 7 rings (SSSR count). The van der Waals surface area contributed by atoms with E-state index in [1.807, 2.05) is 37.8 Å². The normalized spacial score (nSPS) is 19.0. The predicted molar refractivity (Wildman–Crippen MR) is 204 cm³/mol. The van der Waals surface area contributed by atoms with Crippen LogP contribution in [-0.2, 0) is 23.2 Å². The molecule has 0 spiro atoms. The van der Waals surface area contributed by atoms with Gasteiger partial charge in [-0.05, 0) is 49.7 Å². The number of carbonyl (C=O) groups is 1. The van der Waals surface area contributed by atoms with Crippen molar-refractivity contribution in [2.75, 3.05) is 55.7 Å². The number of piperazine rings is 1. The van der Waals surface area contributed by atoms with Gasteiger partial charge in [-0.15, -0.1) is 0 Å². The van der Waals surface area contributed by atoms with Gasteiger partial charge in [-0.1, -0.05) is 68.7 Å². The van der Waals surface area contributed by atoms with E-state index < -0.39 is 0 Å². The number of rotatable bonds is 8. The number of hydrogen-bond acceptors (Lipinski definition) is 11. The molecule has 274 valence electrons. The van der Waals surface area contributed by atoms with E-state index in [9.17, 15) is 4.79 Å². The topological polar surface area (TPSA) is 137 Å². The van der Waals surface area contributed by atoms with Crippen LogP contribution < -0.4 is 19.9 Å². The lowest BCUT2D eigenvalue weighted by Crippen LogP contribution is -2.49. The van der Waals surface area contributed by atoms with Crippen molar-refractivity contribution >= 4 is 45.9 Å². The minimum atomic E-state index is -0.228. The summed E-state index contributed by atoms with van der Waals surface area (Å²) in [4.78, 5) is 34.1. The van der Waals surface area contributed by atoms with Crippen LogP contribution in [0.15, 0.2) is 47.0 Å². The number of fused-ring (bicyclic) bond motifs is 2. The van der Waals surface area contributed by atoms with Crippen LogP contribution in [0.4, 0.5) is 11.5 Å². The van der Waals surface area contributed by atoms with E-state index in [1.165, 1.54) is 13.0 Å². The summed E-state index contributed by atoms with van der Waals surface area (Å²) in [5.41, 5.74) is 2.93. The number of benzene rings is 2. The van der Waals surface area contributed by atoms with E-state index >= 15 is 0 Å². The van der Waals surface area contributed by atoms with E-state index in [0.717, 1.165) is 77.3 Å². The molecule has 13 heteroatoms. The lowest BCUT2D eigenvalue weighted by molar-refractivity contribution is -0.126. The molecule has 4 aromatic rings. The van der Waals surface area contributed by atoms with E-state index in [1.54, 1.807) is 12.1 Å². The fourth-order valence-electron chi connectivity index (χ4n) is 7.05. The van der Waals surface area contributed by atoms with Gasteiger partial charge in [0.25, 0.3) is 5.89 Å². The Morgan fingerprint density at radius 2 is 1.85 bits per heavy atom. The van der Waals surface area contributed by atoms with Crippen LogP contribution in [0.25, 0.3) is 16.8 Å². The van der Waals surface area contributed by atoms with Gasteiger partial charge in [-0.3, -0.25) is 4.79 Å². The minimum Gasteiger partial charge on any atom is -0.461 e. The summed E-state index contributed by atoms with van der Waals surface area (Å²) in [7, 11) is 0. The number of amides is 1. The molecule has 2 fully saturated rings. The van der Waals surface area contributed by atoms with E-state index in [-0.39, 0.29) is 16.9 Å². The summed E-state index contributed by atoms with van der Waals surface area (Å²) in [6.07, 6.45) is 7.10. The number of nitrogens with one attached hydrogen (secondary N) is 1. The Morgan fingerprint density at radius 1 is 1.10 bits per heavy atom. The van der Waals surface area contributed by atoms with Crippen LogP contribution in [0, 0.1) is 11.3 Å². The van der Waals surface area contributed by atoms with Crippen molar-refractivity contribution in [3.8, 4) is 12.1 Å². The first-order valence-corrected chi connectivity index (χ1v) is 18.5. The molecule has 3 aliphatic rings. The van der Waals surface area contributed by atoms with Gasteiger partial charge in [0.05, 0.1) is 28.9 Å². The van der Waals surface area contributed by atoms with Crippen molar-refractivity contribution in [2.45, 2.75) is 77.8 Å². The van der Waals surface area contributed by atoms with Gasteiger partial charge >= 0.3 is 6.01 Å². The second-order valence-corrected chi connectivity index (χ2v) is 15.0. The highest BCUT2D eigenvalue weighted by molar-refractivity contribution is 6.36. The molecule has 12 nitrogen and oxygen atoms in total. The predicted octanol–water partition coefficient (Wildman–Crippen LogP) is 6.33. The molecule has 0 saturated carbocycles. The molecule has 0 radical (unpaired) electrons. The molecule has 2 saturated heterocycles. The number of nitrogens with zero attached hydrogens (tertiary/aromatic N) is 8.